The van der Waals surface area contributed by atoms with Gasteiger partial charge in [-0.25, -0.2) is 0 Å². The van der Waals surface area contributed by atoms with Gasteiger partial charge in [-0.1, -0.05) is 0 Å². The molecule has 0 aliphatic carbocycles. The molecule has 1 saturated heterocycles. The van der Waals surface area contributed by atoms with Crippen LogP contribution in [0, 0.1) is 5.92 Å². The SMILES string of the molecule is CCC[CH2][Sn]([CH2]CCC)([CH2]CCC)[CH]1CC(C(=O)OC(C)(C)C)CCN1. The van der Waals surface area contributed by atoms with E-state index in [1.165, 1.54) is 51.8 Å². The van der Waals surface area contributed by atoms with Gasteiger partial charge in [0.1, 0.15) is 0 Å². The summed E-state index contributed by atoms with van der Waals surface area (Å²) in [4.78, 5) is 12.7. The molecule has 4 heteroatoms. The third-order valence-electron chi connectivity index (χ3n) is 5.97. The number of hydrogen-bond donors (Lipinski definition) is 1. The number of carbonyl (C=O) groups excluding carboxylic acids is 1. The Morgan fingerprint density at radius 3 is 1.92 bits per heavy atom. The molecule has 0 aromatic heterocycles. The number of piperidine rings is 1. The van der Waals surface area contributed by atoms with E-state index in [2.05, 4.69) is 26.1 Å². The number of unbranched alkanes of at least 4 members (excludes halogenated alkanes) is 3. The molecule has 1 N–H and O–H groups in total. The van der Waals surface area contributed by atoms with Crippen LogP contribution in [0.2, 0.25) is 13.3 Å². The van der Waals surface area contributed by atoms with E-state index in [9.17, 15) is 4.79 Å². The number of nitrogens with one attached hydrogen (secondary N) is 1. The van der Waals surface area contributed by atoms with Crippen molar-refractivity contribution in [1.29, 1.82) is 0 Å². The average Bonchev–Trinajstić information content (AvgIpc) is 2.60. The number of esters is 1. The number of hydrogen-bond acceptors (Lipinski definition) is 3. The van der Waals surface area contributed by atoms with Crippen LogP contribution in [0.1, 0.15) is 92.9 Å². The maximum atomic E-state index is 12.7. The van der Waals surface area contributed by atoms with Crippen molar-refractivity contribution in [3.8, 4) is 0 Å². The van der Waals surface area contributed by atoms with E-state index in [0.29, 0.717) is 4.06 Å². The van der Waals surface area contributed by atoms with Crippen LogP contribution in [0.4, 0.5) is 0 Å². The number of ether oxygens (including phenoxy) is 1. The molecule has 0 aromatic rings. The Hall–Kier alpha value is 0.229. The molecule has 0 aromatic carbocycles. The van der Waals surface area contributed by atoms with Crippen molar-refractivity contribution in [3.05, 3.63) is 0 Å². The summed E-state index contributed by atoms with van der Waals surface area (Å²) in [6, 6.07) is 0. The van der Waals surface area contributed by atoms with Crippen molar-refractivity contribution in [2.24, 2.45) is 5.92 Å². The summed E-state index contributed by atoms with van der Waals surface area (Å²) in [5.41, 5.74) is -0.371. The van der Waals surface area contributed by atoms with Gasteiger partial charge in [0.05, 0.1) is 0 Å². The summed E-state index contributed by atoms with van der Waals surface area (Å²) in [6.07, 6.45) is 10.1. The molecule has 1 aliphatic heterocycles. The zero-order valence-corrected chi connectivity index (χ0v) is 21.3. The van der Waals surface area contributed by atoms with E-state index >= 15 is 0 Å². The molecule has 154 valence electrons. The standard InChI is InChI=1S/C10H18NO2.3C4H9.Sn/c1-10(2,3)13-9(12)8-4-6-11-7-5-8;3*1-3-4-2;/h6,8,11H,4-5,7H2,1-3H3;3*1,3-4H2,2H3;. The second kappa shape index (κ2) is 11.9. The summed E-state index contributed by atoms with van der Waals surface area (Å²) < 4.78 is 10.9. The molecule has 26 heavy (non-hydrogen) atoms. The van der Waals surface area contributed by atoms with Crippen molar-refractivity contribution in [2.45, 2.75) is 116 Å². The first kappa shape index (κ1) is 24.3. The molecule has 2 unspecified atom stereocenters. The average molecular weight is 474 g/mol. The van der Waals surface area contributed by atoms with E-state index in [1.807, 2.05) is 20.8 Å². The van der Waals surface area contributed by atoms with Gasteiger partial charge < -0.3 is 0 Å². The molecule has 1 aliphatic rings. The summed E-state index contributed by atoms with van der Waals surface area (Å²) in [6.45, 7) is 13.9. The molecule has 0 saturated carbocycles. The van der Waals surface area contributed by atoms with Gasteiger partial charge in [-0.3, -0.25) is 0 Å². The quantitative estimate of drug-likeness (QED) is 0.291. The van der Waals surface area contributed by atoms with Crippen LogP contribution >= 0.6 is 0 Å². The molecular formula is C22H45NO2Sn. The minimum absolute atomic E-state index is 0.0469. The molecule has 0 bridgehead atoms. The molecule has 2 atom stereocenters. The van der Waals surface area contributed by atoms with E-state index < -0.39 is 18.4 Å². The van der Waals surface area contributed by atoms with Crippen LogP contribution in [-0.4, -0.2) is 40.5 Å². The predicted molar refractivity (Wildman–Crippen MR) is 115 cm³/mol. The van der Waals surface area contributed by atoms with Crippen LogP contribution in [0.5, 0.6) is 0 Å². The van der Waals surface area contributed by atoms with Crippen molar-refractivity contribution in [1.82, 2.24) is 5.32 Å². The summed E-state index contributed by atoms with van der Waals surface area (Å²) in [7, 11) is 0. The van der Waals surface area contributed by atoms with Gasteiger partial charge in [0.15, 0.2) is 0 Å². The molecule has 1 heterocycles. The molecule has 0 amide bonds. The van der Waals surface area contributed by atoms with Gasteiger partial charge >= 0.3 is 168 Å². The second-order valence-electron chi connectivity index (χ2n) is 9.43. The number of carbonyl (C=O) groups is 1. The fraction of sp³-hybridized carbons (Fsp3) is 0.955. The topological polar surface area (TPSA) is 38.3 Å². The Labute approximate surface area is 167 Å². The van der Waals surface area contributed by atoms with Gasteiger partial charge in [0.25, 0.3) is 0 Å². The third kappa shape index (κ3) is 8.08. The van der Waals surface area contributed by atoms with Crippen molar-refractivity contribution in [3.63, 3.8) is 0 Å². The van der Waals surface area contributed by atoms with Gasteiger partial charge in [-0.15, -0.1) is 0 Å². The fourth-order valence-electron chi connectivity index (χ4n) is 4.47. The van der Waals surface area contributed by atoms with Crippen LogP contribution in [-0.2, 0) is 9.53 Å². The van der Waals surface area contributed by atoms with Gasteiger partial charge in [0, 0.05) is 0 Å². The number of rotatable bonds is 11. The molecule has 0 spiro atoms. The van der Waals surface area contributed by atoms with Crippen molar-refractivity contribution >= 4 is 24.3 Å². The summed E-state index contributed by atoms with van der Waals surface area (Å²) >= 11 is -2.33. The van der Waals surface area contributed by atoms with E-state index in [-0.39, 0.29) is 17.5 Å². The van der Waals surface area contributed by atoms with Crippen LogP contribution in [0.25, 0.3) is 0 Å². The first-order chi connectivity index (χ1) is 12.3. The fourth-order valence-corrected chi connectivity index (χ4v) is 22.5. The predicted octanol–water partition coefficient (Wildman–Crippen LogP) is 6.08. The molecular weight excluding hydrogens is 429 g/mol. The summed E-state index contributed by atoms with van der Waals surface area (Å²) in [5.74, 6) is 0.159. The Balaban J connectivity index is 2.93. The molecule has 1 fully saturated rings. The van der Waals surface area contributed by atoms with Crippen molar-refractivity contribution < 1.29 is 9.53 Å². The van der Waals surface area contributed by atoms with Gasteiger partial charge in [0.2, 0.25) is 0 Å². The Bertz CT molecular complexity index is 384. The minimum atomic E-state index is -2.33. The normalized spacial score (nSPS) is 21.6. The molecule has 1 rings (SSSR count). The third-order valence-corrected chi connectivity index (χ3v) is 23.0. The second-order valence-corrected chi connectivity index (χ2v) is 23.5. The zero-order chi connectivity index (χ0) is 19.6. The van der Waals surface area contributed by atoms with Crippen LogP contribution < -0.4 is 5.32 Å². The van der Waals surface area contributed by atoms with Crippen LogP contribution in [0.3, 0.4) is 0 Å². The Morgan fingerprint density at radius 2 is 1.50 bits per heavy atom. The van der Waals surface area contributed by atoms with Gasteiger partial charge in [-0.05, 0) is 0 Å². The first-order valence-electron chi connectivity index (χ1n) is 11.2. The van der Waals surface area contributed by atoms with E-state index in [1.54, 1.807) is 0 Å². The Morgan fingerprint density at radius 1 is 1.00 bits per heavy atom. The summed E-state index contributed by atoms with van der Waals surface area (Å²) in [5, 5.41) is 3.92. The molecule has 0 radical (unpaired) electrons. The zero-order valence-electron chi connectivity index (χ0n) is 18.5. The van der Waals surface area contributed by atoms with Gasteiger partial charge in [-0.2, -0.15) is 0 Å². The first-order valence-corrected chi connectivity index (χ1v) is 18.9. The van der Waals surface area contributed by atoms with E-state index in [0.717, 1.165) is 19.4 Å². The van der Waals surface area contributed by atoms with E-state index in [4.69, 9.17) is 4.74 Å². The molecule has 3 nitrogen and oxygen atoms in total. The Kier molecular flexibility index (Phi) is 11.1. The van der Waals surface area contributed by atoms with Crippen LogP contribution in [0.15, 0.2) is 0 Å². The monoisotopic (exact) mass is 475 g/mol. The van der Waals surface area contributed by atoms with Crippen molar-refractivity contribution in [2.75, 3.05) is 6.54 Å². The maximum absolute atomic E-state index is 12.7.